The average molecular weight is 195 g/mol. The Morgan fingerprint density at radius 3 is 3.14 bits per heavy atom. The summed E-state index contributed by atoms with van der Waals surface area (Å²) >= 11 is 0. The third-order valence-corrected chi connectivity index (χ3v) is 2.32. The summed E-state index contributed by atoms with van der Waals surface area (Å²) < 4.78 is 2.02. The van der Waals surface area contributed by atoms with E-state index in [9.17, 15) is 4.79 Å². The van der Waals surface area contributed by atoms with Crippen molar-refractivity contribution in [1.82, 2.24) is 14.9 Å². The summed E-state index contributed by atoms with van der Waals surface area (Å²) in [4.78, 5) is 14.5. The Bertz CT molecular complexity index is 331. The average Bonchev–Trinajstić information content (AvgIpc) is 2.87. The number of imidazole rings is 1. The van der Waals surface area contributed by atoms with Gasteiger partial charge in [-0.25, -0.2) is 9.78 Å². The van der Waals surface area contributed by atoms with Gasteiger partial charge in [0.1, 0.15) is 5.82 Å². The molecule has 0 atom stereocenters. The molecule has 1 heterocycles. The standard InChI is InChI=1S/C9H13N3O2/c13-9(14)11-4-6-12-5-3-10-8(12)7-1-2-7/h3,5,7,11H,1-2,4,6H2,(H,13,14). The fraction of sp³-hybridized carbons (Fsp3) is 0.556. The van der Waals surface area contributed by atoms with Crippen LogP contribution in [0.25, 0.3) is 0 Å². The van der Waals surface area contributed by atoms with E-state index in [1.165, 1.54) is 12.8 Å². The molecule has 0 radical (unpaired) electrons. The molecule has 1 fully saturated rings. The van der Waals surface area contributed by atoms with Crippen LogP contribution in [0.5, 0.6) is 0 Å². The van der Waals surface area contributed by atoms with E-state index in [4.69, 9.17) is 5.11 Å². The Morgan fingerprint density at radius 2 is 2.50 bits per heavy atom. The number of amides is 1. The largest absolute Gasteiger partial charge is 0.465 e. The molecule has 76 valence electrons. The van der Waals surface area contributed by atoms with Crippen LogP contribution in [0.15, 0.2) is 12.4 Å². The van der Waals surface area contributed by atoms with Crippen LogP contribution in [0.4, 0.5) is 4.79 Å². The van der Waals surface area contributed by atoms with Gasteiger partial charge in [-0.2, -0.15) is 0 Å². The summed E-state index contributed by atoms with van der Waals surface area (Å²) in [6.45, 7) is 1.10. The number of carbonyl (C=O) groups is 1. The normalized spacial score (nSPS) is 15.4. The van der Waals surface area contributed by atoms with Gasteiger partial charge in [-0.05, 0) is 12.8 Å². The minimum Gasteiger partial charge on any atom is -0.465 e. The van der Waals surface area contributed by atoms with E-state index in [-0.39, 0.29) is 0 Å². The lowest BCUT2D eigenvalue weighted by molar-refractivity contribution is 0.194. The molecule has 2 N–H and O–H groups in total. The van der Waals surface area contributed by atoms with Crippen molar-refractivity contribution in [2.45, 2.75) is 25.3 Å². The minimum absolute atomic E-state index is 0.436. The quantitative estimate of drug-likeness (QED) is 0.754. The monoisotopic (exact) mass is 195 g/mol. The Kier molecular flexibility index (Phi) is 2.39. The summed E-state index contributed by atoms with van der Waals surface area (Å²) in [6, 6.07) is 0. The number of rotatable bonds is 4. The molecule has 1 aliphatic carbocycles. The molecule has 0 aliphatic heterocycles. The van der Waals surface area contributed by atoms with Crippen molar-refractivity contribution in [2.24, 2.45) is 0 Å². The summed E-state index contributed by atoms with van der Waals surface area (Å²) in [5, 5.41) is 10.7. The molecule has 0 aromatic carbocycles. The number of hydrogen-bond donors (Lipinski definition) is 2. The molecule has 1 aromatic heterocycles. The fourth-order valence-electron chi connectivity index (χ4n) is 1.49. The zero-order valence-electron chi connectivity index (χ0n) is 7.81. The van der Waals surface area contributed by atoms with Gasteiger partial charge < -0.3 is 15.0 Å². The van der Waals surface area contributed by atoms with E-state index in [0.29, 0.717) is 19.0 Å². The minimum atomic E-state index is -0.974. The smallest absolute Gasteiger partial charge is 0.404 e. The lowest BCUT2D eigenvalue weighted by Crippen LogP contribution is -2.25. The maximum Gasteiger partial charge on any atom is 0.404 e. The van der Waals surface area contributed by atoms with E-state index in [0.717, 1.165) is 5.82 Å². The van der Waals surface area contributed by atoms with Gasteiger partial charge in [0.2, 0.25) is 0 Å². The first-order valence-electron chi connectivity index (χ1n) is 4.75. The number of aromatic nitrogens is 2. The van der Waals surface area contributed by atoms with Crippen LogP contribution < -0.4 is 5.32 Å². The maximum absolute atomic E-state index is 10.2. The second-order valence-corrected chi connectivity index (χ2v) is 3.49. The maximum atomic E-state index is 10.2. The Hall–Kier alpha value is -1.52. The number of hydrogen-bond acceptors (Lipinski definition) is 2. The van der Waals surface area contributed by atoms with Crippen LogP contribution >= 0.6 is 0 Å². The molecule has 1 aliphatic rings. The SMILES string of the molecule is O=C(O)NCCn1ccnc1C1CC1. The van der Waals surface area contributed by atoms with E-state index in [1.807, 2.05) is 10.8 Å². The highest BCUT2D eigenvalue weighted by molar-refractivity contribution is 5.64. The second kappa shape index (κ2) is 3.69. The highest BCUT2D eigenvalue weighted by Gasteiger charge is 2.27. The van der Waals surface area contributed by atoms with Crippen molar-refractivity contribution in [1.29, 1.82) is 0 Å². The van der Waals surface area contributed by atoms with Gasteiger partial charge in [0.25, 0.3) is 0 Å². The molecule has 0 bridgehead atoms. The zero-order valence-corrected chi connectivity index (χ0v) is 7.81. The molecule has 1 saturated carbocycles. The van der Waals surface area contributed by atoms with Crippen molar-refractivity contribution in [2.75, 3.05) is 6.54 Å². The van der Waals surface area contributed by atoms with Crippen LogP contribution in [-0.4, -0.2) is 27.3 Å². The van der Waals surface area contributed by atoms with Crippen LogP contribution in [0.3, 0.4) is 0 Å². The Morgan fingerprint density at radius 1 is 1.71 bits per heavy atom. The molecule has 14 heavy (non-hydrogen) atoms. The number of carboxylic acid groups (broad SMARTS) is 1. The topological polar surface area (TPSA) is 67.2 Å². The lowest BCUT2D eigenvalue weighted by atomic mass is 10.4. The molecule has 0 unspecified atom stereocenters. The summed E-state index contributed by atoms with van der Waals surface area (Å²) in [7, 11) is 0. The fourth-order valence-corrected chi connectivity index (χ4v) is 1.49. The third-order valence-electron chi connectivity index (χ3n) is 2.32. The summed E-state index contributed by atoms with van der Waals surface area (Å²) in [5.41, 5.74) is 0. The van der Waals surface area contributed by atoms with Crippen molar-refractivity contribution < 1.29 is 9.90 Å². The lowest BCUT2D eigenvalue weighted by Gasteiger charge is -2.06. The van der Waals surface area contributed by atoms with Crippen molar-refractivity contribution >= 4 is 6.09 Å². The predicted molar refractivity (Wildman–Crippen MR) is 50.2 cm³/mol. The first kappa shape index (κ1) is 9.05. The Labute approximate surface area is 81.8 Å². The van der Waals surface area contributed by atoms with E-state index < -0.39 is 6.09 Å². The molecule has 5 heteroatoms. The molecule has 0 spiro atoms. The van der Waals surface area contributed by atoms with Crippen LogP contribution in [0.1, 0.15) is 24.6 Å². The third kappa shape index (κ3) is 2.04. The molecule has 5 nitrogen and oxygen atoms in total. The van der Waals surface area contributed by atoms with Crippen LogP contribution in [0, 0.1) is 0 Å². The number of nitrogens with zero attached hydrogens (tertiary/aromatic N) is 2. The van der Waals surface area contributed by atoms with Gasteiger partial charge in [0, 0.05) is 31.4 Å². The highest BCUT2D eigenvalue weighted by Crippen LogP contribution is 2.38. The van der Waals surface area contributed by atoms with Gasteiger partial charge >= 0.3 is 6.09 Å². The summed E-state index contributed by atoms with van der Waals surface area (Å²) in [6.07, 6.45) is 5.12. The van der Waals surface area contributed by atoms with Gasteiger partial charge in [-0.1, -0.05) is 0 Å². The van der Waals surface area contributed by atoms with Gasteiger partial charge in [-0.3, -0.25) is 0 Å². The number of nitrogens with one attached hydrogen (secondary N) is 1. The molecule has 1 aromatic rings. The molecular weight excluding hydrogens is 182 g/mol. The zero-order chi connectivity index (χ0) is 9.97. The van der Waals surface area contributed by atoms with E-state index >= 15 is 0 Å². The van der Waals surface area contributed by atoms with E-state index in [2.05, 4.69) is 10.3 Å². The van der Waals surface area contributed by atoms with Crippen molar-refractivity contribution in [3.63, 3.8) is 0 Å². The second-order valence-electron chi connectivity index (χ2n) is 3.49. The van der Waals surface area contributed by atoms with Crippen LogP contribution in [0.2, 0.25) is 0 Å². The predicted octanol–water partition coefficient (Wildman–Crippen LogP) is 1.03. The molecule has 2 rings (SSSR count). The molecule has 0 saturated heterocycles. The van der Waals surface area contributed by atoms with Crippen molar-refractivity contribution in [3.8, 4) is 0 Å². The molecule has 1 amide bonds. The first-order chi connectivity index (χ1) is 6.77. The molecular formula is C9H13N3O2. The Balaban J connectivity index is 1.88. The highest BCUT2D eigenvalue weighted by atomic mass is 16.4. The first-order valence-corrected chi connectivity index (χ1v) is 4.75. The summed E-state index contributed by atoms with van der Waals surface area (Å²) in [5.74, 6) is 1.70. The van der Waals surface area contributed by atoms with Gasteiger partial charge in [-0.15, -0.1) is 0 Å². The van der Waals surface area contributed by atoms with Gasteiger partial charge in [0.05, 0.1) is 0 Å². The van der Waals surface area contributed by atoms with Crippen LogP contribution in [-0.2, 0) is 6.54 Å². The van der Waals surface area contributed by atoms with Gasteiger partial charge in [0.15, 0.2) is 0 Å². The van der Waals surface area contributed by atoms with Crippen molar-refractivity contribution in [3.05, 3.63) is 18.2 Å². The van der Waals surface area contributed by atoms with E-state index in [1.54, 1.807) is 6.20 Å².